The minimum absolute atomic E-state index is 0.382. The molecule has 0 bridgehead atoms. The van der Waals surface area contributed by atoms with Crippen LogP contribution in [0.2, 0.25) is 5.02 Å². The van der Waals surface area contributed by atoms with Crippen LogP contribution in [0.3, 0.4) is 0 Å². The summed E-state index contributed by atoms with van der Waals surface area (Å²) in [6.07, 6.45) is 6.27. The van der Waals surface area contributed by atoms with E-state index in [9.17, 15) is 0 Å². The number of aromatic nitrogens is 1. The van der Waals surface area contributed by atoms with Crippen LogP contribution in [0.15, 0.2) is 18.2 Å². The van der Waals surface area contributed by atoms with Crippen LogP contribution in [0.5, 0.6) is 0 Å². The molecule has 2 aromatic rings. The highest BCUT2D eigenvalue weighted by Gasteiger charge is 2.26. The third-order valence-corrected chi connectivity index (χ3v) is 4.85. The Hall–Kier alpha value is -1.32. The van der Waals surface area contributed by atoms with Crippen LogP contribution in [0, 0.1) is 0 Å². The molecule has 2 aliphatic rings. The number of hydrogen-bond donors (Lipinski definition) is 2. The number of rotatable bonds is 2. The predicted molar refractivity (Wildman–Crippen MR) is 88.0 cm³/mol. The molecule has 2 unspecified atom stereocenters. The van der Waals surface area contributed by atoms with Gasteiger partial charge in [0.05, 0.1) is 11.7 Å². The van der Waals surface area contributed by atoms with E-state index in [1.165, 1.54) is 41.6 Å². The van der Waals surface area contributed by atoms with E-state index in [-0.39, 0.29) is 0 Å². The Morgan fingerprint density at radius 2 is 2.10 bits per heavy atom. The fourth-order valence-electron chi connectivity index (χ4n) is 3.51. The van der Waals surface area contributed by atoms with Crippen molar-refractivity contribution in [1.82, 2.24) is 10.3 Å². The van der Waals surface area contributed by atoms with Crippen molar-refractivity contribution >= 4 is 28.2 Å². The average Bonchev–Trinajstić information content (AvgIpc) is 2.44. The maximum Gasteiger partial charge on any atom is 0.0785 e. The van der Waals surface area contributed by atoms with Crippen molar-refractivity contribution in [3.63, 3.8) is 0 Å². The second-order valence-corrected chi connectivity index (χ2v) is 6.72. The Morgan fingerprint density at radius 1 is 1.29 bits per heavy atom. The zero-order valence-corrected chi connectivity index (χ0v) is 13.0. The molecular formula is C17H20ClN3. The van der Waals surface area contributed by atoms with E-state index < -0.39 is 0 Å². The largest absolute Gasteiger partial charge is 0.369 e. The predicted octanol–water partition coefficient (Wildman–Crippen LogP) is 3.89. The Bertz CT molecular complexity index is 692. The summed E-state index contributed by atoms with van der Waals surface area (Å²) >= 11 is 6.14. The van der Waals surface area contributed by atoms with E-state index >= 15 is 0 Å². The van der Waals surface area contributed by atoms with E-state index in [0.717, 1.165) is 23.4 Å². The topological polar surface area (TPSA) is 37.0 Å². The second-order valence-electron chi connectivity index (χ2n) is 6.28. The van der Waals surface area contributed by atoms with Crippen LogP contribution < -0.4 is 10.6 Å². The van der Waals surface area contributed by atoms with Crippen LogP contribution in [-0.2, 0) is 12.8 Å². The Morgan fingerprint density at radius 3 is 2.90 bits per heavy atom. The first-order valence-corrected chi connectivity index (χ1v) is 8.22. The summed E-state index contributed by atoms with van der Waals surface area (Å²) in [6.45, 7) is 2.22. The fraction of sp³-hybridized carbons (Fsp3) is 0.471. The minimum atomic E-state index is 0.382. The van der Waals surface area contributed by atoms with Crippen molar-refractivity contribution in [2.75, 3.05) is 5.32 Å². The van der Waals surface area contributed by atoms with Crippen molar-refractivity contribution in [3.05, 3.63) is 34.5 Å². The molecule has 2 heterocycles. The maximum absolute atomic E-state index is 6.14. The van der Waals surface area contributed by atoms with Gasteiger partial charge in [0.15, 0.2) is 0 Å². The van der Waals surface area contributed by atoms with Gasteiger partial charge in [0, 0.05) is 27.8 Å². The third kappa shape index (κ3) is 2.39. The molecule has 21 heavy (non-hydrogen) atoms. The van der Waals surface area contributed by atoms with E-state index in [1.807, 2.05) is 12.1 Å². The quantitative estimate of drug-likeness (QED) is 0.883. The highest BCUT2D eigenvalue weighted by Crippen LogP contribution is 2.35. The van der Waals surface area contributed by atoms with E-state index in [0.29, 0.717) is 12.2 Å². The van der Waals surface area contributed by atoms with Gasteiger partial charge in [-0.05, 0) is 62.8 Å². The van der Waals surface area contributed by atoms with Crippen molar-refractivity contribution in [1.29, 1.82) is 0 Å². The molecule has 0 spiro atoms. The fourth-order valence-corrected chi connectivity index (χ4v) is 3.68. The van der Waals surface area contributed by atoms with Gasteiger partial charge in [0.1, 0.15) is 0 Å². The van der Waals surface area contributed by atoms with E-state index in [4.69, 9.17) is 16.6 Å². The molecule has 1 aromatic carbocycles. The summed E-state index contributed by atoms with van der Waals surface area (Å²) in [6, 6.07) is 6.65. The Kier molecular flexibility index (Phi) is 3.27. The van der Waals surface area contributed by atoms with Gasteiger partial charge < -0.3 is 5.32 Å². The van der Waals surface area contributed by atoms with Crippen LogP contribution in [-0.4, -0.2) is 17.2 Å². The highest BCUT2D eigenvalue weighted by atomic mass is 35.5. The number of halogens is 1. The van der Waals surface area contributed by atoms with Crippen LogP contribution >= 0.6 is 11.6 Å². The second kappa shape index (κ2) is 5.15. The molecule has 1 aliphatic carbocycles. The van der Waals surface area contributed by atoms with Gasteiger partial charge >= 0.3 is 0 Å². The molecule has 0 saturated carbocycles. The molecule has 1 aromatic heterocycles. The van der Waals surface area contributed by atoms with Crippen LogP contribution in [0.4, 0.5) is 5.69 Å². The SMILES string of the molecule is CC1CC(Nc2c3c(nc4cc(Cl)ccc24)CCCC3)N1. The average molecular weight is 302 g/mol. The first-order valence-electron chi connectivity index (χ1n) is 7.84. The van der Waals surface area contributed by atoms with Gasteiger partial charge in [-0.25, -0.2) is 0 Å². The lowest BCUT2D eigenvalue weighted by molar-refractivity contribution is 0.310. The van der Waals surface area contributed by atoms with Gasteiger partial charge in [-0.3, -0.25) is 10.3 Å². The Labute approximate surface area is 130 Å². The molecule has 1 fully saturated rings. The van der Waals surface area contributed by atoms with E-state index in [1.54, 1.807) is 0 Å². The summed E-state index contributed by atoms with van der Waals surface area (Å²) in [7, 11) is 0. The summed E-state index contributed by atoms with van der Waals surface area (Å²) in [4.78, 5) is 4.86. The van der Waals surface area contributed by atoms with Gasteiger partial charge in [-0.15, -0.1) is 0 Å². The van der Waals surface area contributed by atoms with Crippen LogP contribution in [0.1, 0.15) is 37.4 Å². The van der Waals surface area contributed by atoms with Crippen molar-refractivity contribution in [2.24, 2.45) is 0 Å². The number of nitrogens with one attached hydrogen (secondary N) is 2. The minimum Gasteiger partial charge on any atom is -0.369 e. The molecule has 1 aliphatic heterocycles. The zero-order chi connectivity index (χ0) is 14.4. The smallest absolute Gasteiger partial charge is 0.0785 e. The van der Waals surface area contributed by atoms with Gasteiger partial charge in [0.25, 0.3) is 0 Å². The van der Waals surface area contributed by atoms with Gasteiger partial charge in [-0.1, -0.05) is 11.6 Å². The molecule has 4 rings (SSSR count). The highest BCUT2D eigenvalue weighted by molar-refractivity contribution is 6.31. The molecule has 1 saturated heterocycles. The summed E-state index contributed by atoms with van der Waals surface area (Å²) in [5.41, 5.74) is 4.96. The molecule has 0 radical (unpaired) electrons. The number of anilines is 1. The normalized spacial score (nSPS) is 24.5. The zero-order valence-electron chi connectivity index (χ0n) is 12.2. The number of pyridine rings is 1. The molecule has 3 nitrogen and oxygen atoms in total. The number of fused-ring (bicyclic) bond motifs is 2. The number of aryl methyl sites for hydroxylation is 1. The third-order valence-electron chi connectivity index (χ3n) is 4.62. The first kappa shape index (κ1) is 13.4. The summed E-state index contributed by atoms with van der Waals surface area (Å²) in [5, 5.41) is 9.17. The lowest BCUT2D eigenvalue weighted by Gasteiger charge is -2.37. The first-order chi connectivity index (χ1) is 10.2. The van der Waals surface area contributed by atoms with Crippen molar-refractivity contribution in [2.45, 2.75) is 51.2 Å². The lowest BCUT2D eigenvalue weighted by Crippen LogP contribution is -2.54. The van der Waals surface area contributed by atoms with E-state index in [2.05, 4.69) is 23.6 Å². The molecule has 4 heteroatoms. The summed E-state index contributed by atoms with van der Waals surface area (Å²) < 4.78 is 0. The monoisotopic (exact) mass is 301 g/mol. The van der Waals surface area contributed by atoms with Gasteiger partial charge in [-0.2, -0.15) is 0 Å². The van der Waals surface area contributed by atoms with Gasteiger partial charge in [0.2, 0.25) is 0 Å². The Balaban J connectivity index is 1.83. The molecular weight excluding hydrogens is 282 g/mol. The van der Waals surface area contributed by atoms with Crippen molar-refractivity contribution in [3.8, 4) is 0 Å². The molecule has 110 valence electrons. The molecule has 0 amide bonds. The lowest BCUT2D eigenvalue weighted by atomic mass is 9.92. The molecule has 2 N–H and O–H groups in total. The number of benzene rings is 1. The maximum atomic E-state index is 6.14. The molecule has 2 atom stereocenters. The standard InChI is InChI=1S/C17H20ClN3/c1-10-8-16(19-10)21-17-12-4-2-3-5-14(12)20-15-9-11(18)6-7-13(15)17/h6-7,9-10,16,19H,2-5,8H2,1H3,(H,20,21). The summed E-state index contributed by atoms with van der Waals surface area (Å²) in [5.74, 6) is 0. The number of hydrogen-bond acceptors (Lipinski definition) is 3. The van der Waals surface area contributed by atoms with Crippen LogP contribution in [0.25, 0.3) is 10.9 Å². The number of nitrogens with zero attached hydrogens (tertiary/aromatic N) is 1. The van der Waals surface area contributed by atoms with Crippen molar-refractivity contribution < 1.29 is 0 Å².